The standard InChI is InChI=1S/C19H20F3N5O2/c20-19(21,22)12-29-17-15(11-23)16(25-18(26-17)24-7-10-28)27-8-5-13-3-1-2-4-14(13)6-9-27/h1-4,28H,5-10,12H2,(H,24,25,26). The van der Waals surface area contributed by atoms with Crippen LogP contribution in [0.4, 0.5) is 24.9 Å². The zero-order chi connectivity index (χ0) is 20.9. The lowest BCUT2D eigenvalue weighted by Crippen LogP contribution is -2.29. The second-order valence-electron chi connectivity index (χ2n) is 6.47. The van der Waals surface area contributed by atoms with E-state index in [2.05, 4.69) is 15.3 Å². The number of hydrogen-bond donors (Lipinski definition) is 2. The van der Waals surface area contributed by atoms with E-state index >= 15 is 0 Å². The number of benzene rings is 1. The van der Waals surface area contributed by atoms with Gasteiger partial charge in [-0.3, -0.25) is 0 Å². The highest BCUT2D eigenvalue weighted by Crippen LogP contribution is 2.30. The average molecular weight is 407 g/mol. The molecule has 10 heteroatoms. The van der Waals surface area contributed by atoms with Crippen molar-refractivity contribution in [3.8, 4) is 11.9 Å². The van der Waals surface area contributed by atoms with Gasteiger partial charge in [0.25, 0.3) is 0 Å². The van der Waals surface area contributed by atoms with E-state index in [0.29, 0.717) is 25.9 Å². The fourth-order valence-corrected chi connectivity index (χ4v) is 3.14. The van der Waals surface area contributed by atoms with E-state index in [0.717, 1.165) is 0 Å². The van der Waals surface area contributed by atoms with Crippen molar-refractivity contribution in [3.63, 3.8) is 0 Å². The summed E-state index contributed by atoms with van der Waals surface area (Å²) in [6.07, 6.45) is -3.15. The van der Waals surface area contributed by atoms with Gasteiger partial charge in [-0.1, -0.05) is 24.3 Å². The van der Waals surface area contributed by atoms with Gasteiger partial charge in [0.1, 0.15) is 6.07 Å². The maximum atomic E-state index is 12.6. The summed E-state index contributed by atoms with van der Waals surface area (Å²) in [5.74, 6) is -0.225. The van der Waals surface area contributed by atoms with Gasteiger partial charge >= 0.3 is 6.18 Å². The molecule has 0 saturated heterocycles. The monoisotopic (exact) mass is 407 g/mol. The topological polar surface area (TPSA) is 94.3 Å². The number of alkyl halides is 3. The van der Waals surface area contributed by atoms with Crippen LogP contribution in [0.1, 0.15) is 16.7 Å². The molecular formula is C19H20F3N5O2. The second kappa shape index (κ2) is 8.96. The molecule has 0 bridgehead atoms. The van der Waals surface area contributed by atoms with Crippen LogP contribution in [0.5, 0.6) is 5.88 Å². The smallest absolute Gasteiger partial charge is 0.422 e. The maximum absolute atomic E-state index is 12.6. The molecule has 29 heavy (non-hydrogen) atoms. The molecule has 0 aliphatic carbocycles. The van der Waals surface area contributed by atoms with Crippen LogP contribution in [-0.4, -0.2) is 54.1 Å². The van der Waals surface area contributed by atoms with Crippen LogP contribution in [0.2, 0.25) is 0 Å². The minimum Gasteiger partial charge on any atom is -0.467 e. The number of nitrogens with zero attached hydrogens (tertiary/aromatic N) is 4. The summed E-state index contributed by atoms with van der Waals surface area (Å²) in [7, 11) is 0. The van der Waals surface area contributed by atoms with E-state index in [9.17, 15) is 18.4 Å². The number of hydrogen-bond acceptors (Lipinski definition) is 7. The van der Waals surface area contributed by atoms with Gasteiger partial charge in [-0.05, 0) is 24.0 Å². The third-order valence-electron chi connectivity index (χ3n) is 4.46. The van der Waals surface area contributed by atoms with Crippen molar-refractivity contribution >= 4 is 11.8 Å². The van der Waals surface area contributed by atoms with E-state index in [-0.39, 0.29) is 30.5 Å². The average Bonchev–Trinajstić information content (AvgIpc) is 2.92. The summed E-state index contributed by atoms with van der Waals surface area (Å²) in [6, 6.07) is 9.88. The van der Waals surface area contributed by atoms with Gasteiger partial charge < -0.3 is 20.1 Å². The molecular weight excluding hydrogens is 387 g/mol. The molecule has 0 amide bonds. The molecule has 154 valence electrons. The molecule has 0 saturated carbocycles. The first-order valence-corrected chi connectivity index (χ1v) is 9.09. The van der Waals surface area contributed by atoms with Crippen LogP contribution in [0.25, 0.3) is 0 Å². The molecule has 7 nitrogen and oxygen atoms in total. The van der Waals surface area contributed by atoms with Crippen LogP contribution in [-0.2, 0) is 12.8 Å². The third-order valence-corrected chi connectivity index (χ3v) is 4.46. The van der Waals surface area contributed by atoms with Gasteiger partial charge in [0.05, 0.1) is 6.61 Å². The normalized spacial score (nSPS) is 14.0. The van der Waals surface area contributed by atoms with E-state index in [1.165, 1.54) is 11.1 Å². The minimum atomic E-state index is -4.57. The molecule has 0 fully saturated rings. The molecule has 1 aromatic carbocycles. The molecule has 0 unspecified atom stereocenters. The number of aromatic nitrogens is 2. The van der Waals surface area contributed by atoms with Crippen molar-refractivity contribution in [1.29, 1.82) is 5.26 Å². The second-order valence-corrected chi connectivity index (χ2v) is 6.47. The molecule has 2 aromatic rings. The highest BCUT2D eigenvalue weighted by molar-refractivity contribution is 5.61. The number of fused-ring (bicyclic) bond motifs is 1. The summed E-state index contributed by atoms with van der Waals surface area (Å²) >= 11 is 0. The highest BCUT2D eigenvalue weighted by Gasteiger charge is 2.30. The Hall–Kier alpha value is -3.06. The highest BCUT2D eigenvalue weighted by atomic mass is 19.4. The largest absolute Gasteiger partial charge is 0.467 e. The molecule has 2 N–H and O–H groups in total. The lowest BCUT2D eigenvalue weighted by Gasteiger charge is -2.24. The quantitative estimate of drug-likeness (QED) is 0.759. The zero-order valence-electron chi connectivity index (χ0n) is 15.5. The summed E-state index contributed by atoms with van der Waals surface area (Å²) in [4.78, 5) is 10.1. The van der Waals surface area contributed by atoms with Gasteiger partial charge in [-0.15, -0.1) is 0 Å². The molecule has 0 atom stereocenters. The molecule has 2 heterocycles. The summed E-state index contributed by atoms with van der Waals surface area (Å²) in [5, 5.41) is 21.3. The summed E-state index contributed by atoms with van der Waals surface area (Å²) in [5.41, 5.74) is 2.24. The van der Waals surface area contributed by atoms with Crippen LogP contribution in [0.3, 0.4) is 0 Å². The maximum Gasteiger partial charge on any atom is 0.422 e. The van der Waals surface area contributed by atoms with Gasteiger partial charge in [-0.25, -0.2) is 0 Å². The zero-order valence-corrected chi connectivity index (χ0v) is 15.5. The molecule has 1 aromatic heterocycles. The SMILES string of the molecule is N#Cc1c(OCC(F)(F)F)nc(NCCO)nc1N1CCc2ccccc2CC1. The minimum absolute atomic E-state index is 0.00742. The number of aliphatic hydroxyl groups excluding tert-OH is 1. The van der Waals surface area contributed by atoms with Gasteiger partial charge in [-0.2, -0.15) is 28.4 Å². The Morgan fingerprint density at radius 2 is 1.83 bits per heavy atom. The van der Waals surface area contributed by atoms with Crippen molar-refractivity contribution in [2.24, 2.45) is 0 Å². The fourth-order valence-electron chi connectivity index (χ4n) is 3.14. The lowest BCUT2D eigenvalue weighted by molar-refractivity contribution is -0.154. The number of rotatable bonds is 6. The van der Waals surface area contributed by atoms with Crippen molar-refractivity contribution in [3.05, 3.63) is 41.0 Å². The number of halogens is 3. The number of nitrogens with one attached hydrogen (secondary N) is 1. The van der Waals surface area contributed by atoms with E-state index < -0.39 is 18.7 Å². The first kappa shape index (κ1) is 20.7. The van der Waals surface area contributed by atoms with Crippen LogP contribution >= 0.6 is 0 Å². The third kappa shape index (κ3) is 5.26. The van der Waals surface area contributed by atoms with E-state index in [1.54, 1.807) is 0 Å². The van der Waals surface area contributed by atoms with Gasteiger partial charge in [0.15, 0.2) is 18.0 Å². The van der Waals surface area contributed by atoms with E-state index in [1.807, 2.05) is 35.2 Å². The molecule has 0 spiro atoms. The number of anilines is 2. The number of ether oxygens (including phenoxy) is 1. The van der Waals surface area contributed by atoms with Crippen molar-refractivity contribution in [2.75, 3.05) is 43.1 Å². The molecule has 1 aliphatic heterocycles. The Labute approximate surface area is 165 Å². The van der Waals surface area contributed by atoms with Gasteiger partial charge in [0, 0.05) is 19.6 Å². The number of nitriles is 1. The number of aliphatic hydroxyl groups is 1. The molecule has 3 rings (SSSR count). The molecule has 0 radical (unpaired) electrons. The van der Waals surface area contributed by atoms with Crippen molar-refractivity contribution in [2.45, 2.75) is 19.0 Å². The Bertz CT molecular complexity index is 871. The Morgan fingerprint density at radius 3 is 2.38 bits per heavy atom. The first-order valence-electron chi connectivity index (χ1n) is 9.09. The summed E-state index contributed by atoms with van der Waals surface area (Å²) in [6.45, 7) is -0.587. The lowest BCUT2D eigenvalue weighted by atomic mass is 10.0. The first-order chi connectivity index (χ1) is 13.9. The van der Waals surface area contributed by atoms with Crippen LogP contribution in [0.15, 0.2) is 24.3 Å². The Balaban J connectivity index is 1.94. The fraction of sp³-hybridized carbons (Fsp3) is 0.421. The van der Waals surface area contributed by atoms with E-state index in [4.69, 9.17) is 9.84 Å². The van der Waals surface area contributed by atoms with Crippen LogP contribution < -0.4 is 15.0 Å². The van der Waals surface area contributed by atoms with Crippen molar-refractivity contribution in [1.82, 2.24) is 9.97 Å². The summed E-state index contributed by atoms with van der Waals surface area (Å²) < 4.78 is 42.7. The van der Waals surface area contributed by atoms with Gasteiger partial charge in [0.2, 0.25) is 11.8 Å². The predicted molar refractivity (Wildman–Crippen MR) is 99.9 cm³/mol. The van der Waals surface area contributed by atoms with Crippen LogP contribution in [0, 0.1) is 11.3 Å². The van der Waals surface area contributed by atoms with Crippen molar-refractivity contribution < 1.29 is 23.0 Å². The molecule has 1 aliphatic rings. The Morgan fingerprint density at radius 1 is 1.17 bits per heavy atom. The predicted octanol–water partition coefficient (Wildman–Crippen LogP) is 2.30. The Kier molecular flexibility index (Phi) is 6.39.